The molecule has 0 amide bonds. The number of nitrogens with one attached hydrogen (secondary N) is 2. The molecule has 4 atom stereocenters. The van der Waals surface area contributed by atoms with Crippen molar-refractivity contribution in [3.63, 3.8) is 0 Å². The minimum absolute atomic E-state index is 0.00621. The number of allylic oxidation sites excluding steroid dienone is 2. The zero-order chi connectivity index (χ0) is 19.1. The maximum absolute atomic E-state index is 13.4. The predicted molar refractivity (Wildman–Crippen MR) is 97.9 cm³/mol. The molecule has 3 aliphatic heterocycles. The third-order valence-corrected chi connectivity index (χ3v) is 6.89. The Kier molecular flexibility index (Phi) is 3.46. The zero-order valence-corrected chi connectivity index (χ0v) is 16.0. The van der Waals surface area contributed by atoms with Gasteiger partial charge in [0, 0.05) is 30.8 Å². The molecule has 0 aromatic carbocycles. The molecule has 27 heavy (non-hydrogen) atoms. The Morgan fingerprint density at radius 3 is 2.85 bits per heavy atom. The Morgan fingerprint density at radius 2 is 2.22 bits per heavy atom. The third kappa shape index (κ3) is 2.00. The van der Waals surface area contributed by atoms with Crippen LogP contribution in [0.1, 0.15) is 12.6 Å². The molecule has 1 aromatic rings. The lowest BCUT2D eigenvalue weighted by atomic mass is 9.82. The number of carbonyl (C=O) groups is 2. The third-order valence-electron chi connectivity index (χ3n) is 6.09. The largest absolute Gasteiger partial charge is 0.396 e. The minimum Gasteiger partial charge on any atom is -0.396 e. The van der Waals surface area contributed by atoms with Crippen LogP contribution >= 0.6 is 11.5 Å². The molecule has 3 N–H and O–H groups in total. The summed E-state index contributed by atoms with van der Waals surface area (Å²) in [6.45, 7) is 3.86. The zero-order valence-electron chi connectivity index (χ0n) is 15.2. The van der Waals surface area contributed by atoms with Crippen LogP contribution in [-0.2, 0) is 14.3 Å². The predicted octanol–water partition coefficient (Wildman–Crippen LogP) is 0.164. The van der Waals surface area contributed by atoms with Crippen molar-refractivity contribution < 1.29 is 19.4 Å². The number of methoxy groups -OCH3 is 1. The number of hydrogen-bond acceptors (Lipinski definition) is 9. The van der Waals surface area contributed by atoms with Gasteiger partial charge < -0.3 is 25.4 Å². The molecular formula is C18H20N4O4S. The minimum atomic E-state index is -0.883. The van der Waals surface area contributed by atoms with Crippen LogP contribution in [0.15, 0.2) is 28.6 Å². The van der Waals surface area contributed by atoms with Gasteiger partial charge in [-0.15, -0.1) is 0 Å². The van der Waals surface area contributed by atoms with Crippen LogP contribution in [0, 0.1) is 12.8 Å². The van der Waals surface area contributed by atoms with E-state index >= 15 is 0 Å². The van der Waals surface area contributed by atoms with Crippen molar-refractivity contribution in [2.24, 2.45) is 5.92 Å². The average molecular weight is 388 g/mol. The van der Waals surface area contributed by atoms with Gasteiger partial charge in [-0.05, 0) is 31.4 Å². The quantitative estimate of drug-likeness (QED) is 0.494. The molecule has 8 nitrogen and oxygen atoms in total. The summed E-state index contributed by atoms with van der Waals surface area (Å²) in [4.78, 5) is 28.5. The Hall–Kier alpha value is -2.07. The molecule has 4 aliphatic rings. The number of Topliss-reactive ketones (excluding diaryl/α,β-unsaturated/α-hetero) is 2. The van der Waals surface area contributed by atoms with E-state index in [0.717, 1.165) is 5.69 Å². The van der Waals surface area contributed by atoms with E-state index in [-0.39, 0.29) is 36.0 Å². The van der Waals surface area contributed by atoms with Gasteiger partial charge in [-0.1, -0.05) is 0 Å². The van der Waals surface area contributed by atoms with E-state index in [4.69, 9.17) is 4.74 Å². The maximum Gasteiger partial charge on any atom is 0.208 e. The topological polar surface area (TPSA) is 114 Å². The summed E-state index contributed by atoms with van der Waals surface area (Å²) in [6.07, 6.45) is 0. The SMILES string of the molecule is COC12C(CO)C3=C(C(=O)C(C)=C(Nc4cc(C)ns4)C3=O)N1CC1NC12. The van der Waals surface area contributed by atoms with Gasteiger partial charge >= 0.3 is 0 Å². The van der Waals surface area contributed by atoms with Gasteiger partial charge in [0.15, 0.2) is 5.72 Å². The molecule has 5 rings (SSSR count). The van der Waals surface area contributed by atoms with E-state index in [9.17, 15) is 14.7 Å². The molecule has 142 valence electrons. The Balaban J connectivity index is 1.59. The van der Waals surface area contributed by atoms with Crippen molar-refractivity contribution in [1.82, 2.24) is 14.6 Å². The van der Waals surface area contributed by atoms with Crippen molar-refractivity contribution in [2.45, 2.75) is 31.7 Å². The smallest absolute Gasteiger partial charge is 0.208 e. The van der Waals surface area contributed by atoms with E-state index in [1.165, 1.54) is 11.5 Å². The lowest BCUT2D eigenvalue weighted by Crippen LogP contribution is -2.54. The standard InChI is InChI=1S/C18H20N4O4S/c1-7-4-11(27-21-7)20-13-8(2)15(24)14-12(16(13)25)9(6-23)18(26-3)17-10(19-17)5-22(14)18/h4,9-10,17,19-20,23H,5-6H2,1-3H3. The number of fused-ring (bicyclic) bond motifs is 4. The van der Waals surface area contributed by atoms with Crippen LogP contribution in [0.25, 0.3) is 0 Å². The molecule has 9 heteroatoms. The molecule has 1 aliphatic carbocycles. The first kappa shape index (κ1) is 17.1. The first-order chi connectivity index (χ1) is 12.9. The molecule has 2 saturated heterocycles. The Labute approximate surface area is 160 Å². The fourth-order valence-corrected chi connectivity index (χ4v) is 5.51. The van der Waals surface area contributed by atoms with Crippen molar-refractivity contribution in [3.8, 4) is 0 Å². The van der Waals surface area contributed by atoms with Gasteiger partial charge in [0.05, 0.1) is 35.7 Å². The Morgan fingerprint density at radius 1 is 1.44 bits per heavy atom. The number of aromatic nitrogens is 1. The van der Waals surface area contributed by atoms with E-state index in [2.05, 4.69) is 15.0 Å². The highest BCUT2D eigenvalue weighted by atomic mass is 32.1. The van der Waals surface area contributed by atoms with Crippen molar-refractivity contribution >= 4 is 28.1 Å². The van der Waals surface area contributed by atoms with Gasteiger partial charge in [-0.25, -0.2) is 0 Å². The summed E-state index contributed by atoms with van der Waals surface area (Å²) in [6, 6.07) is 2.06. The van der Waals surface area contributed by atoms with Crippen LogP contribution in [0.4, 0.5) is 5.00 Å². The van der Waals surface area contributed by atoms with Crippen LogP contribution in [0.3, 0.4) is 0 Å². The molecule has 4 unspecified atom stereocenters. The van der Waals surface area contributed by atoms with Crippen molar-refractivity contribution in [3.05, 3.63) is 34.3 Å². The van der Waals surface area contributed by atoms with Crippen LogP contribution in [0.5, 0.6) is 0 Å². The number of aryl methyl sites for hydroxylation is 1. The van der Waals surface area contributed by atoms with Crippen molar-refractivity contribution in [1.29, 1.82) is 0 Å². The molecule has 0 saturated carbocycles. The maximum atomic E-state index is 13.4. The van der Waals surface area contributed by atoms with Gasteiger partial charge in [-0.2, -0.15) is 4.37 Å². The summed E-state index contributed by atoms with van der Waals surface area (Å²) in [7, 11) is 1.57. The lowest BCUT2D eigenvalue weighted by molar-refractivity contribution is -0.137. The fraction of sp³-hybridized carbons (Fsp3) is 0.500. The first-order valence-corrected chi connectivity index (χ1v) is 9.65. The lowest BCUT2D eigenvalue weighted by Gasteiger charge is -2.39. The number of ketones is 2. The monoisotopic (exact) mass is 388 g/mol. The molecule has 0 spiro atoms. The highest BCUT2D eigenvalue weighted by Crippen LogP contribution is 2.55. The number of aliphatic hydroxyl groups is 1. The van der Waals surface area contributed by atoms with Gasteiger partial charge in [0.25, 0.3) is 0 Å². The number of aliphatic hydroxyl groups excluding tert-OH is 1. The second-order valence-corrected chi connectivity index (χ2v) is 8.24. The molecule has 2 fully saturated rings. The number of rotatable bonds is 4. The summed E-state index contributed by atoms with van der Waals surface area (Å²) < 4.78 is 10.1. The number of anilines is 1. The first-order valence-electron chi connectivity index (χ1n) is 8.88. The van der Waals surface area contributed by atoms with Crippen LogP contribution in [-0.4, -0.2) is 64.0 Å². The Bertz CT molecular complexity index is 951. The number of hydrogen-bond donors (Lipinski definition) is 3. The number of nitrogens with zero attached hydrogens (tertiary/aromatic N) is 2. The van der Waals surface area contributed by atoms with Crippen molar-refractivity contribution in [2.75, 3.05) is 25.6 Å². The normalized spacial score (nSPS) is 34.2. The van der Waals surface area contributed by atoms with Crippen LogP contribution < -0.4 is 10.6 Å². The van der Waals surface area contributed by atoms with Crippen LogP contribution in [0.2, 0.25) is 0 Å². The van der Waals surface area contributed by atoms with E-state index in [0.29, 0.717) is 28.4 Å². The van der Waals surface area contributed by atoms with E-state index in [1.54, 1.807) is 14.0 Å². The molecule has 0 radical (unpaired) electrons. The van der Waals surface area contributed by atoms with Gasteiger partial charge in [0.2, 0.25) is 11.6 Å². The summed E-state index contributed by atoms with van der Waals surface area (Å²) in [5, 5.41) is 17.3. The average Bonchev–Trinajstić information content (AvgIpc) is 3.05. The molecule has 1 aromatic heterocycles. The summed E-state index contributed by atoms with van der Waals surface area (Å²) in [5.74, 6) is -1.02. The summed E-state index contributed by atoms with van der Waals surface area (Å²) >= 11 is 1.24. The van der Waals surface area contributed by atoms with Gasteiger partial charge in [0.1, 0.15) is 5.00 Å². The highest BCUT2D eigenvalue weighted by Gasteiger charge is 2.72. The number of piperazine rings is 1. The summed E-state index contributed by atoms with van der Waals surface area (Å²) in [5.41, 5.74) is 1.33. The second-order valence-electron chi connectivity index (χ2n) is 7.43. The molecular weight excluding hydrogens is 368 g/mol. The van der Waals surface area contributed by atoms with E-state index < -0.39 is 11.6 Å². The molecule has 0 bridgehead atoms. The van der Waals surface area contributed by atoms with E-state index in [1.807, 2.05) is 17.9 Å². The molecule has 4 heterocycles. The number of ether oxygens (including phenoxy) is 1. The van der Waals surface area contributed by atoms with Gasteiger partial charge in [-0.3, -0.25) is 9.59 Å². The number of carbonyl (C=O) groups excluding carboxylic acids is 2. The highest BCUT2D eigenvalue weighted by molar-refractivity contribution is 7.10. The second kappa shape index (κ2) is 5.48. The fourth-order valence-electron chi connectivity index (χ4n) is 4.84.